The van der Waals surface area contributed by atoms with E-state index >= 15 is 0 Å². The van der Waals surface area contributed by atoms with Crippen LogP contribution >= 0.6 is 0 Å². The molecule has 0 aliphatic heterocycles. The Balaban J connectivity index is 2.02. The number of H-pyrrole nitrogens is 1. The number of nitrogens with one attached hydrogen (secondary N) is 2. The molecule has 2 N–H and O–H groups in total. The summed E-state index contributed by atoms with van der Waals surface area (Å²) in [6.45, 7) is 0.558. The van der Waals surface area contributed by atoms with Crippen molar-refractivity contribution in [2.24, 2.45) is 0 Å². The van der Waals surface area contributed by atoms with Crippen LogP contribution in [0.3, 0.4) is 0 Å². The number of anilines is 1. The zero-order valence-corrected chi connectivity index (χ0v) is 8.97. The van der Waals surface area contributed by atoms with E-state index < -0.39 is 0 Å². The SMILES string of the molecule is N#Cc1ccc(CNc2cc(=O)[nH]cn2)cc1. The first-order valence-corrected chi connectivity index (χ1v) is 5.05. The van der Waals surface area contributed by atoms with Crippen LogP contribution in [0, 0.1) is 11.3 Å². The van der Waals surface area contributed by atoms with Crippen molar-refractivity contribution in [2.45, 2.75) is 6.54 Å². The lowest BCUT2D eigenvalue weighted by atomic mass is 10.1. The number of nitrogens with zero attached hydrogens (tertiary/aromatic N) is 2. The van der Waals surface area contributed by atoms with Crippen LogP contribution in [0.2, 0.25) is 0 Å². The van der Waals surface area contributed by atoms with Gasteiger partial charge in [0.25, 0.3) is 5.56 Å². The van der Waals surface area contributed by atoms with E-state index in [4.69, 9.17) is 5.26 Å². The van der Waals surface area contributed by atoms with Crippen LogP contribution in [0.25, 0.3) is 0 Å². The average Bonchev–Trinajstić information content (AvgIpc) is 2.37. The van der Waals surface area contributed by atoms with Crippen molar-refractivity contribution in [1.29, 1.82) is 5.26 Å². The van der Waals surface area contributed by atoms with Crippen LogP contribution in [0.15, 0.2) is 41.5 Å². The molecular weight excluding hydrogens is 216 g/mol. The Labute approximate surface area is 97.8 Å². The van der Waals surface area contributed by atoms with Crippen LogP contribution in [0.4, 0.5) is 5.82 Å². The summed E-state index contributed by atoms with van der Waals surface area (Å²) in [5.41, 5.74) is 1.46. The normalized spacial score (nSPS) is 9.59. The number of aromatic nitrogens is 2. The first kappa shape index (κ1) is 10.9. The van der Waals surface area contributed by atoms with Crippen molar-refractivity contribution in [3.63, 3.8) is 0 Å². The molecule has 0 unspecified atom stereocenters. The molecule has 1 aromatic carbocycles. The third kappa shape index (κ3) is 2.92. The van der Waals surface area contributed by atoms with Gasteiger partial charge in [0.2, 0.25) is 0 Å². The number of aromatic amines is 1. The molecule has 0 saturated carbocycles. The van der Waals surface area contributed by atoms with E-state index in [1.54, 1.807) is 12.1 Å². The predicted molar refractivity (Wildman–Crippen MR) is 63.3 cm³/mol. The van der Waals surface area contributed by atoms with Crippen LogP contribution in [-0.2, 0) is 6.54 Å². The van der Waals surface area contributed by atoms with E-state index in [1.807, 2.05) is 12.1 Å². The van der Waals surface area contributed by atoms with Gasteiger partial charge in [0.1, 0.15) is 5.82 Å². The van der Waals surface area contributed by atoms with E-state index in [9.17, 15) is 4.79 Å². The standard InChI is InChI=1S/C12H10N4O/c13-6-9-1-3-10(4-2-9)7-14-11-5-12(17)16-8-15-11/h1-5,8H,7H2,(H2,14,15,16,17). The molecule has 0 radical (unpaired) electrons. The predicted octanol–water partition coefficient (Wildman–Crippen LogP) is 1.25. The molecule has 0 saturated heterocycles. The summed E-state index contributed by atoms with van der Waals surface area (Å²) >= 11 is 0. The fourth-order valence-electron chi connectivity index (χ4n) is 1.35. The highest BCUT2D eigenvalue weighted by Gasteiger charge is 1.96. The van der Waals surface area contributed by atoms with Crippen LogP contribution in [0.5, 0.6) is 0 Å². The Morgan fingerprint density at radius 1 is 1.35 bits per heavy atom. The van der Waals surface area contributed by atoms with Gasteiger partial charge in [-0.05, 0) is 17.7 Å². The molecule has 1 aromatic heterocycles. The second kappa shape index (κ2) is 4.94. The summed E-state index contributed by atoms with van der Waals surface area (Å²) in [6, 6.07) is 10.7. The van der Waals surface area contributed by atoms with Gasteiger partial charge in [0.05, 0.1) is 18.0 Å². The van der Waals surface area contributed by atoms with Crippen LogP contribution in [0.1, 0.15) is 11.1 Å². The van der Waals surface area contributed by atoms with Gasteiger partial charge in [-0.25, -0.2) is 4.98 Å². The smallest absolute Gasteiger partial charge is 0.252 e. The Morgan fingerprint density at radius 3 is 2.76 bits per heavy atom. The first-order valence-electron chi connectivity index (χ1n) is 5.05. The third-order valence-electron chi connectivity index (χ3n) is 2.23. The molecule has 17 heavy (non-hydrogen) atoms. The number of hydrogen-bond acceptors (Lipinski definition) is 4. The lowest BCUT2D eigenvalue weighted by Crippen LogP contribution is -2.08. The van der Waals surface area contributed by atoms with E-state index in [0.29, 0.717) is 17.9 Å². The molecular formula is C12H10N4O. The minimum Gasteiger partial charge on any atom is -0.366 e. The summed E-state index contributed by atoms with van der Waals surface area (Å²) < 4.78 is 0. The summed E-state index contributed by atoms with van der Waals surface area (Å²) in [7, 11) is 0. The van der Waals surface area contributed by atoms with Crippen molar-refractivity contribution in [2.75, 3.05) is 5.32 Å². The molecule has 0 atom stereocenters. The van der Waals surface area contributed by atoms with Gasteiger partial charge in [-0.2, -0.15) is 5.26 Å². The Kier molecular flexibility index (Phi) is 3.17. The number of rotatable bonds is 3. The second-order valence-corrected chi connectivity index (χ2v) is 3.46. The van der Waals surface area contributed by atoms with Gasteiger partial charge in [0, 0.05) is 12.6 Å². The largest absolute Gasteiger partial charge is 0.366 e. The Bertz CT molecular complexity index is 595. The number of benzene rings is 1. The fraction of sp³-hybridized carbons (Fsp3) is 0.0833. The summed E-state index contributed by atoms with van der Waals surface area (Å²) in [6.07, 6.45) is 1.35. The van der Waals surface area contributed by atoms with Gasteiger partial charge in [-0.1, -0.05) is 12.1 Å². The second-order valence-electron chi connectivity index (χ2n) is 3.46. The molecule has 0 spiro atoms. The highest BCUT2D eigenvalue weighted by atomic mass is 16.1. The lowest BCUT2D eigenvalue weighted by Gasteiger charge is -2.04. The summed E-state index contributed by atoms with van der Waals surface area (Å²) in [5.74, 6) is 0.526. The average molecular weight is 226 g/mol. The minimum atomic E-state index is -0.192. The Hall–Kier alpha value is -2.61. The molecule has 84 valence electrons. The minimum absolute atomic E-state index is 0.192. The molecule has 5 heteroatoms. The molecule has 1 heterocycles. The van der Waals surface area contributed by atoms with Crippen molar-refractivity contribution in [3.8, 4) is 6.07 Å². The van der Waals surface area contributed by atoms with E-state index in [-0.39, 0.29) is 5.56 Å². The topological polar surface area (TPSA) is 81.6 Å². The summed E-state index contributed by atoms with van der Waals surface area (Å²) in [4.78, 5) is 17.4. The maximum Gasteiger partial charge on any atom is 0.252 e. The summed E-state index contributed by atoms with van der Waals surface area (Å²) in [5, 5.41) is 11.7. The molecule has 0 amide bonds. The van der Waals surface area contributed by atoms with Gasteiger partial charge in [-0.15, -0.1) is 0 Å². The van der Waals surface area contributed by atoms with Gasteiger partial charge < -0.3 is 10.3 Å². The van der Waals surface area contributed by atoms with Gasteiger partial charge in [-0.3, -0.25) is 4.79 Å². The van der Waals surface area contributed by atoms with Gasteiger partial charge >= 0.3 is 0 Å². The maximum atomic E-state index is 11.0. The monoisotopic (exact) mass is 226 g/mol. The van der Waals surface area contributed by atoms with E-state index in [0.717, 1.165) is 5.56 Å². The number of hydrogen-bond donors (Lipinski definition) is 2. The maximum absolute atomic E-state index is 11.0. The van der Waals surface area contributed by atoms with Crippen molar-refractivity contribution < 1.29 is 0 Å². The third-order valence-corrected chi connectivity index (χ3v) is 2.23. The van der Waals surface area contributed by atoms with Crippen molar-refractivity contribution in [3.05, 3.63) is 58.1 Å². The molecule has 0 bridgehead atoms. The molecule has 0 aliphatic carbocycles. The zero-order chi connectivity index (χ0) is 12.1. The highest BCUT2D eigenvalue weighted by Crippen LogP contribution is 2.05. The van der Waals surface area contributed by atoms with E-state index in [2.05, 4.69) is 21.4 Å². The van der Waals surface area contributed by atoms with Crippen LogP contribution in [-0.4, -0.2) is 9.97 Å². The van der Waals surface area contributed by atoms with Crippen molar-refractivity contribution in [1.82, 2.24) is 9.97 Å². The molecule has 5 nitrogen and oxygen atoms in total. The van der Waals surface area contributed by atoms with Crippen LogP contribution < -0.4 is 10.9 Å². The lowest BCUT2D eigenvalue weighted by molar-refractivity contribution is 1.06. The van der Waals surface area contributed by atoms with Gasteiger partial charge in [0.15, 0.2) is 0 Å². The zero-order valence-electron chi connectivity index (χ0n) is 8.97. The van der Waals surface area contributed by atoms with Crippen molar-refractivity contribution >= 4 is 5.82 Å². The molecule has 0 aliphatic rings. The fourth-order valence-corrected chi connectivity index (χ4v) is 1.35. The molecule has 2 aromatic rings. The quantitative estimate of drug-likeness (QED) is 0.825. The Morgan fingerprint density at radius 2 is 2.12 bits per heavy atom. The molecule has 2 rings (SSSR count). The highest BCUT2D eigenvalue weighted by molar-refractivity contribution is 5.36. The van der Waals surface area contributed by atoms with E-state index in [1.165, 1.54) is 12.4 Å². The number of nitriles is 1. The first-order chi connectivity index (χ1) is 8.28. The molecule has 0 fully saturated rings.